The van der Waals surface area contributed by atoms with Crippen LogP contribution < -0.4 is 10.2 Å². The summed E-state index contributed by atoms with van der Waals surface area (Å²) < 4.78 is 2.01. The lowest BCUT2D eigenvalue weighted by molar-refractivity contribution is 0.406. The molecule has 1 saturated heterocycles. The van der Waals surface area contributed by atoms with Crippen molar-refractivity contribution in [3.63, 3.8) is 0 Å². The van der Waals surface area contributed by atoms with Gasteiger partial charge in [-0.25, -0.2) is 4.99 Å². The van der Waals surface area contributed by atoms with E-state index in [2.05, 4.69) is 81.4 Å². The van der Waals surface area contributed by atoms with E-state index in [0.717, 1.165) is 56.0 Å². The third kappa shape index (κ3) is 6.14. The summed E-state index contributed by atoms with van der Waals surface area (Å²) in [5, 5.41) is 12.7. The van der Waals surface area contributed by atoms with Crippen molar-refractivity contribution in [1.29, 1.82) is 0 Å². The van der Waals surface area contributed by atoms with E-state index in [1.807, 2.05) is 18.5 Å². The molecule has 1 N–H and O–H groups in total. The Hall–Kier alpha value is -2.22. The second-order valence-electron chi connectivity index (χ2n) is 7.75. The second kappa shape index (κ2) is 11.2. The third-order valence-corrected chi connectivity index (χ3v) is 6.97. The lowest BCUT2D eigenvalue weighted by atomic mass is 10.3. The van der Waals surface area contributed by atoms with E-state index < -0.39 is 0 Å². The quantitative estimate of drug-likeness (QED) is 0.396. The highest BCUT2D eigenvalue weighted by atomic mass is 32.2. The molecule has 0 aliphatic carbocycles. The Morgan fingerprint density at radius 1 is 1.30 bits per heavy atom. The fourth-order valence-corrected chi connectivity index (χ4v) is 4.67. The van der Waals surface area contributed by atoms with E-state index in [1.54, 1.807) is 0 Å². The number of anilines is 1. The van der Waals surface area contributed by atoms with Gasteiger partial charge < -0.3 is 19.7 Å². The van der Waals surface area contributed by atoms with Gasteiger partial charge in [0, 0.05) is 57.0 Å². The van der Waals surface area contributed by atoms with Gasteiger partial charge in [-0.2, -0.15) is 11.8 Å². The summed E-state index contributed by atoms with van der Waals surface area (Å²) in [6.07, 6.45) is 2.24. The summed E-state index contributed by atoms with van der Waals surface area (Å²) in [6.45, 7) is 8.77. The van der Waals surface area contributed by atoms with Crippen LogP contribution in [-0.2, 0) is 13.6 Å². The van der Waals surface area contributed by atoms with Crippen LogP contribution in [0, 0.1) is 6.92 Å². The highest BCUT2D eigenvalue weighted by Gasteiger charge is 2.21. The Balaban J connectivity index is 1.59. The van der Waals surface area contributed by atoms with Crippen LogP contribution >= 0.6 is 11.8 Å². The molecule has 0 saturated carbocycles. The minimum Gasteiger partial charge on any atom is -0.375 e. The van der Waals surface area contributed by atoms with E-state index in [4.69, 9.17) is 4.99 Å². The standard InChI is InChI=1S/C22H35N7S/c1-5-20-17-29(14-15-30-20)22(24-16-21-26-25-18(2)28(21)4)23-12-9-13-27(3)19-10-7-6-8-11-19/h6-8,10-11,20H,5,9,12-17H2,1-4H3,(H,23,24). The number of aromatic nitrogens is 3. The molecule has 7 nitrogen and oxygen atoms in total. The van der Waals surface area contributed by atoms with Gasteiger partial charge in [0.15, 0.2) is 11.8 Å². The number of rotatable bonds is 8. The summed E-state index contributed by atoms with van der Waals surface area (Å²) >= 11 is 2.08. The second-order valence-corrected chi connectivity index (χ2v) is 9.16. The van der Waals surface area contributed by atoms with Gasteiger partial charge in [-0.3, -0.25) is 0 Å². The van der Waals surface area contributed by atoms with Gasteiger partial charge in [0.1, 0.15) is 12.4 Å². The highest BCUT2D eigenvalue weighted by Crippen LogP contribution is 2.21. The zero-order valence-corrected chi connectivity index (χ0v) is 19.5. The number of nitrogens with one attached hydrogen (secondary N) is 1. The molecule has 2 heterocycles. The normalized spacial score (nSPS) is 17.3. The number of thioether (sulfide) groups is 1. The number of hydrogen-bond donors (Lipinski definition) is 1. The number of guanidine groups is 1. The Bertz CT molecular complexity index is 805. The molecule has 0 radical (unpaired) electrons. The Morgan fingerprint density at radius 3 is 2.80 bits per heavy atom. The third-order valence-electron chi connectivity index (χ3n) is 5.60. The number of aryl methyl sites for hydroxylation is 1. The first-order valence-electron chi connectivity index (χ1n) is 10.8. The van der Waals surface area contributed by atoms with Gasteiger partial charge in [-0.05, 0) is 31.9 Å². The summed E-state index contributed by atoms with van der Waals surface area (Å²) in [5.74, 6) is 3.96. The van der Waals surface area contributed by atoms with E-state index in [-0.39, 0.29) is 0 Å². The van der Waals surface area contributed by atoms with Crippen molar-refractivity contribution in [1.82, 2.24) is 25.0 Å². The predicted molar refractivity (Wildman–Crippen MR) is 127 cm³/mol. The van der Waals surface area contributed by atoms with Crippen LogP contribution in [0.3, 0.4) is 0 Å². The van der Waals surface area contributed by atoms with Crippen LogP contribution in [-0.4, -0.2) is 69.9 Å². The summed E-state index contributed by atoms with van der Waals surface area (Å²) in [6, 6.07) is 10.5. The molecular weight excluding hydrogens is 394 g/mol. The van der Waals surface area contributed by atoms with Crippen LogP contribution in [0.15, 0.2) is 35.3 Å². The van der Waals surface area contributed by atoms with Gasteiger partial charge in [0.25, 0.3) is 0 Å². The first-order valence-corrected chi connectivity index (χ1v) is 11.9. The highest BCUT2D eigenvalue weighted by molar-refractivity contribution is 8.00. The topological polar surface area (TPSA) is 61.6 Å². The van der Waals surface area contributed by atoms with E-state index in [9.17, 15) is 0 Å². The van der Waals surface area contributed by atoms with Gasteiger partial charge in [-0.1, -0.05) is 25.1 Å². The number of nitrogens with zero attached hydrogens (tertiary/aromatic N) is 6. The first-order chi connectivity index (χ1) is 14.6. The van der Waals surface area contributed by atoms with Crippen LogP contribution in [0.4, 0.5) is 5.69 Å². The Labute approximate surface area is 185 Å². The minimum atomic E-state index is 0.546. The average Bonchev–Trinajstić information content (AvgIpc) is 3.11. The minimum absolute atomic E-state index is 0.546. The molecule has 164 valence electrons. The molecule has 0 amide bonds. The zero-order valence-electron chi connectivity index (χ0n) is 18.7. The van der Waals surface area contributed by atoms with Crippen molar-refractivity contribution in [3.05, 3.63) is 42.0 Å². The molecule has 1 aromatic heterocycles. The molecular formula is C22H35N7S. The van der Waals surface area contributed by atoms with E-state index in [1.165, 1.54) is 12.1 Å². The van der Waals surface area contributed by atoms with Crippen LogP contribution in [0.1, 0.15) is 31.4 Å². The number of benzene rings is 1. The lowest BCUT2D eigenvalue weighted by Crippen LogP contribution is -2.48. The molecule has 2 aromatic rings. The zero-order chi connectivity index (χ0) is 21.3. The van der Waals surface area contributed by atoms with Crippen molar-refractivity contribution >= 4 is 23.4 Å². The molecule has 30 heavy (non-hydrogen) atoms. The predicted octanol–water partition coefficient (Wildman–Crippen LogP) is 2.92. The Kier molecular flexibility index (Phi) is 8.42. The molecule has 3 rings (SSSR count). The van der Waals surface area contributed by atoms with Crippen molar-refractivity contribution in [2.75, 3.05) is 43.9 Å². The fraction of sp³-hybridized carbons (Fsp3) is 0.591. The lowest BCUT2D eigenvalue weighted by Gasteiger charge is -2.34. The van der Waals surface area contributed by atoms with Gasteiger partial charge in [-0.15, -0.1) is 10.2 Å². The largest absolute Gasteiger partial charge is 0.375 e. The molecule has 1 fully saturated rings. The number of aliphatic imine (C=N–C) groups is 1. The van der Waals surface area contributed by atoms with Gasteiger partial charge >= 0.3 is 0 Å². The van der Waals surface area contributed by atoms with Gasteiger partial charge in [0.05, 0.1) is 0 Å². The Morgan fingerprint density at radius 2 is 2.10 bits per heavy atom. The maximum Gasteiger partial charge on any atom is 0.194 e. The fourth-order valence-electron chi connectivity index (χ4n) is 3.49. The molecule has 1 atom stereocenters. The maximum absolute atomic E-state index is 4.92. The van der Waals surface area contributed by atoms with Crippen molar-refractivity contribution in [3.8, 4) is 0 Å². The molecule has 1 aliphatic rings. The summed E-state index contributed by atoms with van der Waals surface area (Å²) in [4.78, 5) is 9.63. The van der Waals surface area contributed by atoms with E-state index in [0.29, 0.717) is 11.8 Å². The maximum atomic E-state index is 4.92. The van der Waals surface area contributed by atoms with Crippen LogP contribution in [0.25, 0.3) is 0 Å². The van der Waals surface area contributed by atoms with Crippen molar-refractivity contribution in [2.24, 2.45) is 12.0 Å². The molecule has 0 bridgehead atoms. The van der Waals surface area contributed by atoms with Crippen LogP contribution in [0.5, 0.6) is 0 Å². The molecule has 1 unspecified atom stereocenters. The molecule has 1 aliphatic heterocycles. The van der Waals surface area contributed by atoms with Gasteiger partial charge in [0.2, 0.25) is 0 Å². The monoisotopic (exact) mass is 429 g/mol. The molecule has 0 spiro atoms. The van der Waals surface area contributed by atoms with Crippen LogP contribution in [0.2, 0.25) is 0 Å². The summed E-state index contributed by atoms with van der Waals surface area (Å²) in [7, 11) is 4.14. The SMILES string of the molecule is CCC1CN(C(=NCc2nnc(C)n2C)NCCCN(C)c2ccccc2)CCS1. The molecule has 8 heteroatoms. The number of hydrogen-bond acceptors (Lipinski definition) is 5. The van der Waals surface area contributed by atoms with Crippen molar-refractivity contribution < 1.29 is 0 Å². The smallest absolute Gasteiger partial charge is 0.194 e. The number of para-hydroxylation sites is 1. The molecule has 1 aromatic carbocycles. The average molecular weight is 430 g/mol. The van der Waals surface area contributed by atoms with E-state index >= 15 is 0 Å². The summed E-state index contributed by atoms with van der Waals surface area (Å²) in [5.41, 5.74) is 1.25. The first kappa shape index (κ1) is 22.5. The van der Waals surface area contributed by atoms with Crippen molar-refractivity contribution in [2.45, 2.75) is 38.5 Å².